The summed E-state index contributed by atoms with van der Waals surface area (Å²) < 4.78 is 5.78. The lowest BCUT2D eigenvalue weighted by Gasteiger charge is -2.29. The van der Waals surface area contributed by atoms with E-state index >= 15 is 0 Å². The van der Waals surface area contributed by atoms with Crippen molar-refractivity contribution in [2.75, 3.05) is 0 Å². The van der Waals surface area contributed by atoms with Crippen molar-refractivity contribution >= 4 is 17.2 Å². The standard InChI is InChI=1S/C20H26N2O2S/c1-13-8-10-16(11-9-13)24-12-18-21-15(3)19(25-18)20(23)22-17-7-5-4-6-14(17)2/h8-11,14,17H,4-7,12H2,1-3H3,(H,22,23)/t14-,17-/m1/s1. The third-order valence-corrected chi connectivity index (χ3v) is 5.99. The van der Waals surface area contributed by atoms with Crippen molar-refractivity contribution in [2.24, 2.45) is 5.92 Å². The number of aryl methyl sites for hydroxylation is 2. The molecule has 1 amide bonds. The van der Waals surface area contributed by atoms with Gasteiger partial charge in [0.15, 0.2) is 0 Å². The van der Waals surface area contributed by atoms with Crippen molar-refractivity contribution in [1.82, 2.24) is 10.3 Å². The molecule has 1 fully saturated rings. The molecule has 1 aromatic carbocycles. The van der Waals surface area contributed by atoms with Crippen LogP contribution in [0, 0.1) is 19.8 Å². The number of aromatic nitrogens is 1. The van der Waals surface area contributed by atoms with Gasteiger partial charge in [-0.15, -0.1) is 11.3 Å². The summed E-state index contributed by atoms with van der Waals surface area (Å²) in [5.74, 6) is 1.38. The van der Waals surface area contributed by atoms with Crippen molar-refractivity contribution in [3.05, 3.63) is 45.4 Å². The van der Waals surface area contributed by atoms with Crippen LogP contribution in [-0.2, 0) is 6.61 Å². The van der Waals surface area contributed by atoms with Gasteiger partial charge in [-0.3, -0.25) is 4.79 Å². The molecule has 3 rings (SSSR count). The molecule has 1 aliphatic carbocycles. The van der Waals surface area contributed by atoms with E-state index in [0.29, 0.717) is 17.4 Å². The topological polar surface area (TPSA) is 51.2 Å². The maximum atomic E-state index is 12.6. The summed E-state index contributed by atoms with van der Waals surface area (Å²) in [6.07, 6.45) is 4.75. The summed E-state index contributed by atoms with van der Waals surface area (Å²) in [6, 6.07) is 8.23. The van der Waals surface area contributed by atoms with Crippen LogP contribution >= 0.6 is 11.3 Å². The molecule has 25 heavy (non-hydrogen) atoms. The molecule has 0 bridgehead atoms. The zero-order valence-electron chi connectivity index (χ0n) is 15.2. The lowest BCUT2D eigenvalue weighted by molar-refractivity contribution is 0.0913. The van der Waals surface area contributed by atoms with E-state index in [9.17, 15) is 4.79 Å². The molecule has 1 N–H and O–H groups in total. The first-order chi connectivity index (χ1) is 12.0. The number of hydrogen-bond donors (Lipinski definition) is 1. The molecule has 1 heterocycles. The number of hydrogen-bond acceptors (Lipinski definition) is 4. The number of nitrogens with one attached hydrogen (secondary N) is 1. The van der Waals surface area contributed by atoms with E-state index in [1.165, 1.54) is 36.2 Å². The Kier molecular flexibility index (Phi) is 5.74. The molecule has 0 saturated heterocycles. The fourth-order valence-electron chi connectivity index (χ4n) is 3.27. The Labute approximate surface area is 153 Å². The van der Waals surface area contributed by atoms with Crippen molar-refractivity contribution in [3.63, 3.8) is 0 Å². The SMILES string of the molecule is Cc1ccc(OCc2nc(C)c(C(=O)N[C@@H]3CCCC[C@H]3C)s2)cc1. The fraction of sp³-hybridized carbons (Fsp3) is 0.500. The second kappa shape index (κ2) is 8.00. The van der Waals surface area contributed by atoms with Gasteiger partial charge in [-0.05, 0) is 44.7 Å². The second-order valence-electron chi connectivity index (χ2n) is 6.97. The van der Waals surface area contributed by atoms with Gasteiger partial charge in [-0.1, -0.05) is 37.5 Å². The van der Waals surface area contributed by atoms with Gasteiger partial charge in [-0.2, -0.15) is 0 Å². The van der Waals surface area contributed by atoms with Crippen LogP contribution in [0.25, 0.3) is 0 Å². The third-order valence-electron chi connectivity index (χ3n) is 4.86. The van der Waals surface area contributed by atoms with Crippen LogP contribution < -0.4 is 10.1 Å². The monoisotopic (exact) mass is 358 g/mol. The van der Waals surface area contributed by atoms with Crippen LogP contribution in [0.2, 0.25) is 0 Å². The lowest BCUT2D eigenvalue weighted by atomic mass is 9.86. The summed E-state index contributed by atoms with van der Waals surface area (Å²) >= 11 is 1.43. The predicted octanol–water partition coefficient (Wildman–Crippen LogP) is 4.65. The van der Waals surface area contributed by atoms with Gasteiger partial charge in [0.05, 0.1) is 5.69 Å². The predicted molar refractivity (Wildman–Crippen MR) is 101 cm³/mol. The molecular formula is C20H26N2O2S. The number of nitrogens with zero attached hydrogens (tertiary/aromatic N) is 1. The largest absolute Gasteiger partial charge is 0.486 e. The highest BCUT2D eigenvalue weighted by molar-refractivity contribution is 7.13. The molecule has 0 radical (unpaired) electrons. The van der Waals surface area contributed by atoms with Crippen LogP contribution in [0.1, 0.15) is 58.5 Å². The maximum Gasteiger partial charge on any atom is 0.263 e. The number of rotatable bonds is 5. The molecule has 5 heteroatoms. The average Bonchev–Trinajstić information content (AvgIpc) is 2.97. The van der Waals surface area contributed by atoms with Gasteiger partial charge in [0.1, 0.15) is 22.2 Å². The van der Waals surface area contributed by atoms with Crippen LogP contribution in [0.15, 0.2) is 24.3 Å². The van der Waals surface area contributed by atoms with E-state index in [1.807, 2.05) is 38.1 Å². The maximum absolute atomic E-state index is 12.6. The zero-order valence-corrected chi connectivity index (χ0v) is 16.0. The summed E-state index contributed by atoms with van der Waals surface area (Å²) in [4.78, 5) is 17.8. The van der Waals surface area contributed by atoms with Crippen LogP contribution in [0.3, 0.4) is 0 Å². The second-order valence-corrected chi connectivity index (χ2v) is 8.05. The van der Waals surface area contributed by atoms with Crippen molar-refractivity contribution in [2.45, 2.75) is 59.1 Å². The van der Waals surface area contributed by atoms with Gasteiger partial charge in [-0.25, -0.2) is 4.98 Å². The molecule has 1 aromatic heterocycles. The molecule has 2 atom stereocenters. The Bertz CT molecular complexity index is 724. The summed E-state index contributed by atoms with van der Waals surface area (Å²) in [5.41, 5.74) is 1.99. The van der Waals surface area contributed by atoms with Crippen molar-refractivity contribution < 1.29 is 9.53 Å². The normalized spacial score (nSPS) is 20.3. The minimum absolute atomic E-state index is 0.00957. The number of amides is 1. The molecule has 1 saturated carbocycles. The van der Waals surface area contributed by atoms with Gasteiger partial charge in [0.2, 0.25) is 0 Å². The molecule has 0 spiro atoms. The first-order valence-electron chi connectivity index (χ1n) is 8.99. The Balaban J connectivity index is 1.61. The van der Waals surface area contributed by atoms with Gasteiger partial charge in [0.25, 0.3) is 5.91 Å². The van der Waals surface area contributed by atoms with Crippen LogP contribution in [-0.4, -0.2) is 16.9 Å². The fourth-order valence-corrected chi connectivity index (χ4v) is 4.15. The summed E-state index contributed by atoms with van der Waals surface area (Å²) in [7, 11) is 0. The number of benzene rings is 1. The number of carbonyl (C=O) groups is 1. The van der Waals surface area contributed by atoms with Crippen molar-refractivity contribution in [1.29, 1.82) is 0 Å². The molecule has 134 valence electrons. The Morgan fingerprint density at radius 2 is 1.96 bits per heavy atom. The highest BCUT2D eigenvalue weighted by Gasteiger charge is 2.25. The smallest absolute Gasteiger partial charge is 0.263 e. The van der Waals surface area contributed by atoms with E-state index in [-0.39, 0.29) is 11.9 Å². The number of carbonyl (C=O) groups excluding carboxylic acids is 1. The van der Waals surface area contributed by atoms with Crippen LogP contribution in [0.5, 0.6) is 5.75 Å². The molecule has 4 nitrogen and oxygen atoms in total. The van der Waals surface area contributed by atoms with E-state index < -0.39 is 0 Å². The quantitative estimate of drug-likeness (QED) is 0.846. The number of ether oxygens (including phenoxy) is 1. The lowest BCUT2D eigenvalue weighted by Crippen LogP contribution is -2.40. The van der Waals surface area contributed by atoms with E-state index in [2.05, 4.69) is 17.2 Å². The van der Waals surface area contributed by atoms with E-state index in [0.717, 1.165) is 22.9 Å². The van der Waals surface area contributed by atoms with Gasteiger partial charge in [0, 0.05) is 6.04 Å². The Morgan fingerprint density at radius 3 is 2.68 bits per heavy atom. The van der Waals surface area contributed by atoms with Gasteiger partial charge >= 0.3 is 0 Å². The minimum Gasteiger partial charge on any atom is -0.486 e. The zero-order chi connectivity index (χ0) is 17.8. The first kappa shape index (κ1) is 17.9. The summed E-state index contributed by atoms with van der Waals surface area (Å²) in [6.45, 7) is 6.56. The Hall–Kier alpha value is -1.88. The molecule has 0 aliphatic heterocycles. The molecule has 2 aromatic rings. The highest BCUT2D eigenvalue weighted by atomic mass is 32.1. The average molecular weight is 359 g/mol. The van der Waals surface area contributed by atoms with Gasteiger partial charge < -0.3 is 10.1 Å². The van der Waals surface area contributed by atoms with Crippen molar-refractivity contribution in [3.8, 4) is 5.75 Å². The molecule has 1 aliphatic rings. The first-order valence-corrected chi connectivity index (χ1v) is 9.81. The van der Waals surface area contributed by atoms with E-state index in [1.54, 1.807) is 0 Å². The van der Waals surface area contributed by atoms with Crippen LogP contribution in [0.4, 0.5) is 0 Å². The highest BCUT2D eigenvalue weighted by Crippen LogP contribution is 2.25. The van der Waals surface area contributed by atoms with E-state index in [4.69, 9.17) is 4.74 Å². The third kappa shape index (κ3) is 4.60. The summed E-state index contributed by atoms with van der Waals surface area (Å²) in [5, 5.41) is 4.04. The Morgan fingerprint density at radius 1 is 1.24 bits per heavy atom. The molecule has 0 unspecified atom stereocenters. The number of thiazole rings is 1. The minimum atomic E-state index is 0.00957. The molecular weight excluding hydrogens is 332 g/mol.